The van der Waals surface area contributed by atoms with Crippen molar-refractivity contribution in [1.82, 2.24) is 14.8 Å². The molecule has 1 N–H and O–H groups in total. The van der Waals surface area contributed by atoms with Crippen LogP contribution in [0.1, 0.15) is 39.1 Å². The van der Waals surface area contributed by atoms with Gasteiger partial charge in [0.1, 0.15) is 5.76 Å². The number of benzene rings is 1. The van der Waals surface area contributed by atoms with E-state index in [-0.39, 0.29) is 11.9 Å². The van der Waals surface area contributed by atoms with E-state index < -0.39 is 0 Å². The number of ether oxygens (including phenoxy) is 1. The zero-order valence-electron chi connectivity index (χ0n) is 17.6. The largest absolute Gasteiger partial charge is 0.467 e. The standard InChI is InChI=1S/C24H29N3O3/c1-18-15-22(19(2)27(18)17-21-9-6-12-30-21)24(28)25-16-23(20-7-4-3-5-8-20)26-10-13-29-14-11-26/h3-9,12,15,23H,10-11,13-14,16-17H2,1-2H3,(H,25,28)/t23-/m0/s1. The van der Waals surface area contributed by atoms with Crippen LogP contribution in [0.4, 0.5) is 0 Å². The molecule has 2 aromatic heterocycles. The van der Waals surface area contributed by atoms with Gasteiger partial charge in [-0.3, -0.25) is 9.69 Å². The van der Waals surface area contributed by atoms with Gasteiger partial charge in [0.15, 0.2) is 0 Å². The SMILES string of the molecule is Cc1cc(C(=O)NC[C@@H](c2ccccc2)N2CCOCC2)c(C)n1Cc1ccco1. The molecule has 158 valence electrons. The Morgan fingerprint density at radius 2 is 1.87 bits per heavy atom. The molecule has 0 radical (unpaired) electrons. The second kappa shape index (κ2) is 9.32. The molecule has 1 atom stereocenters. The number of aryl methyl sites for hydroxylation is 1. The van der Waals surface area contributed by atoms with Gasteiger partial charge in [0, 0.05) is 31.0 Å². The van der Waals surface area contributed by atoms with Crippen molar-refractivity contribution in [3.63, 3.8) is 0 Å². The number of hydrogen-bond acceptors (Lipinski definition) is 4. The van der Waals surface area contributed by atoms with Crippen molar-refractivity contribution in [2.75, 3.05) is 32.8 Å². The molecule has 6 heteroatoms. The molecule has 4 rings (SSSR count). The molecular weight excluding hydrogens is 378 g/mol. The van der Waals surface area contributed by atoms with Crippen LogP contribution in [0, 0.1) is 13.8 Å². The predicted molar refractivity (Wildman–Crippen MR) is 116 cm³/mol. The van der Waals surface area contributed by atoms with E-state index in [1.807, 2.05) is 50.2 Å². The van der Waals surface area contributed by atoms with Crippen molar-refractivity contribution in [3.8, 4) is 0 Å². The lowest BCUT2D eigenvalue weighted by Gasteiger charge is -2.35. The lowest BCUT2D eigenvalue weighted by Crippen LogP contribution is -2.43. The van der Waals surface area contributed by atoms with Crippen molar-refractivity contribution in [2.24, 2.45) is 0 Å². The Labute approximate surface area is 177 Å². The van der Waals surface area contributed by atoms with Crippen LogP contribution in [0.5, 0.6) is 0 Å². The highest BCUT2D eigenvalue weighted by molar-refractivity contribution is 5.95. The minimum atomic E-state index is -0.0389. The first-order valence-electron chi connectivity index (χ1n) is 10.5. The van der Waals surface area contributed by atoms with Gasteiger partial charge in [0.05, 0.1) is 37.6 Å². The Hall–Kier alpha value is -2.83. The third-order valence-corrected chi connectivity index (χ3v) is 5.84. The number of nitrogens with one attached hydrogen (secondary N) is 1. The summed E-state index contributed by atoms with van der Waals surface area (Å²) in [6.07, 6.45) is 1.67. The number of nitrogens with zero attached hydrogens (tertiary/aromatic N) is 2. The van der Waals surface area contributed by atoms with Gasteiger partial charge in [-0.05, 0) is 37.6 Å². The van der Waals surface area contributed by atoms with Crippen LogP contribution in [-0.2, 0) is 11.3 Å². The monoisotopic (exact) mass is 407 g/mol. The van der Waals surface area contributed by atoms with Crippen LogP contribution in [0.3, 0.4) is 0 Å². The number of furan rings is 1. The van der Waals surface area contributed by atoms with Crippen LogP contribution in [0.25, 0.3) is 0 Å². The maximum Gasteiger partial charge on any atom is 0.253 e. The first kappa shape index (κ1) is 20.4. The molecule has 6 nitrogen and oxygen atoms in total. The van der Waals surface area contributed by atoms with E-state index in [1.165, 1.54) is 5.56 Å². The summed E-state index contributed by atoms with van der Waals surface area (Å²) in [4.78, 5) is 15.4. The molecule has 3 aromatic rings. The molecule has 0 aliphatic carbocycles. The average Bonchev–Trinajstić information content (AvgIpc) is 3.39. The first-order chi connectivity index (χ1) is 14.6. The van der Waals surface area contributed by atoms with Crippen LogP contribution in [0.15, 0.2) is 59.2 Å². The summed E-state index contributed by atoms with van der Waals surface area (Å²) in [5.74, 6) is 0.836. The Bertz CT molecular complexity index is 957. The maximum atomic E-state index is 13.1. The number of amides is 1. The van der Waals surface area contributed by atoms with Gasteiger partial charge in [-0.15, -0.1) is 0 Å². The highest BCUT2D eigenvalue weighted by atomic mass is 16.5. The van der Waals surface area contributed by atoms with Crippen LogP contribution < -0.4 is 5.32 Å². The van der Waals surface area contributed by atoms with Crippen molar-refractivity contribution in [1.29, 1.82) is 0 Å². The van der Waals surface area contributed by atoms with Gasteiger partial charge in [0.25, 0.3) is 5.91 Å². The second-order valence-electron chi connectivity index (χ2n) is 7.74. The summed E-state index contributed by atoms with van der Waals surface area (Å²) >= 11 is 0. The molecule has 1 saturated heterocycles. The smallest absolute Gasteiger partial charge is 0.253 e. The summed E-state index contributed by atoms with van der Waals surface area (Å²) in [5, 5.41) is 3.18. The zero-order chi connectivity index (χ0) is 20.9. The van der Waals surface area contributed by atoms with E-state index in [4.69, 9.17) is 9.15 Å². The fourth-order valence-corrected chi connectivity index (χ4v) is 4.14. The van der Waals surface area contributed by atoms with Crippen LogP contribution in [-0.4, -0.2) is 48.2 Å². The molecular formula is C24H29N3O3. The first-order valence-corrected chi connectivity index (χ1v) is 10.5. The normalized spacial score (nSPS) is 15.8. The molecule has 0 saturated carbocycles. The number of morpholine rings is 1. The lowest BCUT2D eigenvalue weighted by molar-refractivity contribution is 0.0162. The fraction of sp³-hybridized carbons (Fsp3) is 0.375. The molecule has 0 spiro atoms. The molecule has 30 heavy (non-hydrogen) atoms. The highest BCUT2D eigenvalue weighted by Gasteiger charge is 2.24. The molecule has 3 heterocycles. The van der Waals surface area contributed by atoms with Gasteiger partial charge in [-0.2, -0.15) is 0 Å². The molecule has 1 aliphatic heterocycles. The van der Waals surface area contributed by atoms with Gasteiger partial charge >= 0.3 is 0 Å². The molecule has 1 aromatic carbocycles. The third-order valence-electron chi connectivity index (χ3n) is 5.84. The summed E-state index contributed by atoms with van der Waals surface area (Å²) in [6.45, 7) is 8.38. The van der Waals surface area contributed by atoms with E-state index in [1.54, 1.807) is 6.26 Å². The number of aromatic nitrogens is 1. The van der Waals surface area contributed by atoms with Crippen molar-refractivity contribution < 1.29 is 13.9 Å². The predicted octanol–water partition coefficient (Wildman–Crippen LogP) is 3.55. The number of carbonyl (C=O) groups excluding carboxylic acids is 1. The Morgan fingerprint density at radius 3 is 2.57 bits per heavy atom. The Balaban J connectivity index is 1.48. The minimum Gasteiger partial charge on any atom is -0.467 e. The van der Waals surface area contributed by atoms with E-state index in [0.29, 0.717) is 18.7 Å². The summed E-state index contributed by atoms with van der Waals surface area (Å²) < 4.78 is 13.1. The summed E-state index contributed by atoms with van der Waals surface area (Å²) in [7, 11) is 0. The third kappa shape index (κ3) is 4.50. The summed E-state index contributed by atoms with van der Waals surface area (Å²) in [6, 6.07) is 16.3. The number of hydrogen-bond donors (Lipinski definition) is 1. The van der Waals surface area contributed by atoms with E-state index in [2.05, 4.69) is 26.9 Å². The lowest BCUT2D eigenvalue weighted by atomic mass is 10.0. The molecule has 1 aliphatic rings. The van der Waals surface area contributed by atoms with Gasteiger partial charge in [-0.1, -0.05) is 30.3 Å². The molecule has 0 unspecified atom stereocenters. The van der Waals surface area contributed by atoms with Crippen molar-refractivity contribution in [3.05, 3.63) is 83.1 Å². The highest BCUT2D eigenvalue weighted by Crippen LogP contribution is 2.22. The Kier molecular flexibility index (Phi) is 6.35. The average molecular weight is 408 g/mol. The fourth-order valence-electron chi connectivity index (χ4n) is 4.14. The van der Waals surface area contributed by atoms with E-state index in [9.17, 15) is 4.79 Å². The quantitative estimate of drug-likeness (QED) is 0.651. The van der Waals surface area contributed by atoms with Crippen LogP contribution >= 0.6 is 0 Å². The topological polar surface area (TPSA) is 59.6 Å². The van der Waals surface area contributed by atoms with E-state index in [0.717, 1.165) is 43.5 Å². The number of carbonyl (C=O) groups is 1. The molecule has 0 bridgehead atoms. The Morgan fingerprint density at radius 1 is 1.10 bits per heavy atom. The van der Waals surface area contributed by atoms with Crippen molar-refractivity contribution >= 4 is 5.91 Å². The van der Waals surface area contributed by atoms with Gasteiger partial charge in [0.2, 0.25) is 0 Å². The zero-order valence-corrected chi connectivity index (χ0v) is 17.6. The summed E-state index contributed by atoms with van der Waals surface area (Å²) in [5.41, 5.74) is 3.92. The minimum absolute atomic E-state index is 0.0389. The van der Waals surface area contributed by atoms with Gasteiger partial charge in [-0.25, -0.2) is 0 Å². The van der Waals surface area contributed by atoms with Crippen molar-refractivity contribution in [2.45, 2.75) is 26.4 Å². The second-order valence-corrected chi connectivity index (χ2v) is 7.74. The maximum absolute atomic E-state index is 13.1. The molecule has 1 amide bonds. The van der Waals surface area contributed by atoms with Gasteiger partial charge < -0.3 is 19.0 Å². The molecule has 1 fully saturated rings. The van der Waals surface area contributed by atoms with Crippen LogP contribution in [0.2, 0.25) is 0 Å². The number of rotatable bonds is 7. The van der Waals surface area contributed by atoms with E-state index >= 15 is 0 Å².